The van der Waals surface area contributed by atoms with E-state index in [2.05, 4.69) is 5.32 Å². The fourth-order valence-corrected chi connectivity index (χ4v) is 3.03. The molecule has 0 fully saturated rings. The van der Waals surface area contributed by atoms with Crippen LogP contribution in [0.5, 0.6) is 0 Å². The molecule has 0 unspecified atom stereocenters. The molecule has 1 N–H and O–H groups in total. The zero-order valence-corrected chi connectivity index (χ0v) is 15.4. The Morgan fingerprint density at radius 3 is 2.50 bits per heavy atom. The van der Waals surface area contributed by atoms with Crippen LogP contribution < -0.4 is 5.32 Å². The quantitative estimate of drug-likeness (QED) is 0.486. The normalized spacial score (nSPS) is 16.6. The van der Waals surface area contributed by atoms with Crippen molar-refractivity contribution in [3.8, 4) is 0 Å². The van der Waals surface area contributed by atoms with Crippen molar-refractivity contribution in [1.29, 1.82) is 0 Å². The Balaban J connectivity index is 1.98. The molecule has 2 aromatic carbocycles. The van der Waals surface area contributed by atoms with Crippen molar-refractivity contribution in [2.24, 2.45) is 0 Å². The highest BCUT2D eigenvalue weighted by atomic mass is 16.6. The molecule has 2 amide bonds. The molecule has 1 heterocycles. The van der Waals surface area contributed by atoms with Crippen molar-refractivity contribution in [2.75, 3.05) is 7.05 Å². The topological polar surface area (TPSA) is 102 Å². The van der Waals surface area contributed by atoms with Crippen LogP contribution in [0.2, 0.25) is 0 Å². The zero-order chi connectivity index (χ0) is 20.3. The number of nitrogens with zero attached hydrogens (tertiary/aromatic N) is 2. The van der Waals surface area contributed by atoms with Gasteiger partial charge < -0.3 is 15.0 Å². The van der Waals surface area contributed by atoms with Crippen LogP contribution in [0, 0.1) is 10.1 Å². The van der Waals surface area contributed by atoms with Gasteiger partial charge in [0.25, 0.3) is 5.69 Å². The van der Waals surface area contributed by atoms with Gasteiger partial charge in [-0.2, -0.15) is 0 Å². The van der Waals surface area contributed by atoms with Crippen molar-refractivity contribution < 1.29 is 19.2 Å². The highest BCUT2D eigenvalue weighted by Crippen LogP contribution is 2.35. The third-order valence-corrected chi connectivity index (χ3v) is 4.63. The lowest BCUT2D eigenvalue weighted by atomic mass is 9.94. The second kappa shape index (κ2) is 7.91. The molecule has 0 saturated heterocycles. The summed E-state index contributed by atoms with van der Waals surface area (Å²) >= 11 is 0. The number of nitrogens with one attached hydrogen (secondary N) is 1. The zero-order valence-electron chi connectivity index (χ0n) is 15.4. The number of hydrogen-bond acceptors (Lipinski definition) is 5. The minimum Gasteiger partial charge on any atom is -0.457 e. The van der Waals surface area contributed by atoms with Crippen LogP contribution >= 0.6 is 0 Å². The lowest BCUT2D eigenvalue weighted by Crippen LogP contribution is -2.46. The second-order valence-electron chi connectivity index (χ2n) is 6.32. The average Bonchev–Trinajstić information content (AvgIpc) is 2.70. The van der Waals surface area contributed by atoms with Gasteiger partial charge >= 0.3 is 12.0 Å². The largest absolute Gasteiger partial charge is 0.457 e. The van der Waals surface area contributed by atoms with Crippen LogP contribution in [0.4, 0.5) is 10.5 Å². The van der Waals surface area contributed by atoms with Gasteiger partial charge in [-0.15, -0.1) is 0 Å². The van der Waals surface area contributed by atoms with Gasteiger partial charge in [-0.05, 0) is 18.6 Å². The molecule has 2 aromatic rings. The number of carbonyl (C=O) groups excluding carboxylic acids is 2. The van der Waals surface area contributed by atoms with E-state index in [9.17, 15) is 19.7 Å². The Bertz CT molecular complexity index is 955. The summed E-state index contributed by atoms with van der Waals surface area (Å²) in [5, 5.41) is 14.1. The van der Waals surface area contributed by atoms with Gasteiger partial charge in [0.15, 0.2) is 0 Å². The molecular formula is C20H19N3O5. The van der Waals surface area contributed by atoms with Crippen LogP contribution in [-0.4, -0.2) is 28.9 Å². The standard InChI is InChI=1S/C20H19N3O5/c1-13-17(19(24)28-12-14-8-4-3-5-9-14)18(21-20(25)22(13)2)15-10-6-7-11-16(15)23(26)27/h3-11,18H,12H2,1-2H3,(H,21,25)/t18-/m0/s1. The summed E-state index contributed by atoms with van der Waals surface area (Å²) in [6, 6.07) is 13.7. The monoisotopic (exact) mass is 381 g/mol. The van der Waals surface area contributed by atoms with E-state index in [0.717, 1.165) is 5.56 Å². The molecule has 28 heavy (non-hydrogen) atoms. The molecular weight excluding hydrogens is 362 g/mol. The molecule has 3 rings (SSSR count). The minimum atomic E-state index is -0.978. The van der Waals surface area contributed by atoms with E-state index in [1.54, 1.807) is 13.0 Å². The molecule has 8 heteroatoms. The maximum atomic E-state index is 12.9. The molecule has 0 saturated carbocycles. The molecule has 0 aliphatic carbocycles. The van der Waals surface area contributed by atoms with Gasteiger partial charge in [-0.25, -0.2) is 9.59 Å². The van der Waals surface area contributed by atoms with Gasteiger partial charge in [0.05, 0.1) is 22.1 Å². The lowest BCUT2D eigenvalue weighted by Gasteiger charge is -2.33. The Labute approximate surface area is 161 Å². The predicted molar refractivity (Wildman–Crippen MR) is 101 cm³/mol. The highest BCUT2D eigenvalue weighted by Gasteiger charge is 2.37. The molecule has 0 aromatic heterocycles. The molecule has 0 bridgehead atoms. The Morgan fingerprint density at radius 2 is 1.82 bits per heavy atom. The predicted octanol–water partition coefficient (Wildman–Crippen LogP) is 3.31. The summed E-state index contributed by atoms with van der Waals surface area (Å²) in [6.45, 7) is 1.66. The molecule has 1 aliphatic rings. The van der Waals surface area contributed by atoms with Gasteiger partial charge in [-0.1, -0.05) is 42.5 Å². The van der Waals surface area contributed by atoms with Gasteiger partial charge in [0.2, 0.25) is 0 Å². The highest BCUT2D eigenvalue weighted by molar-refractivity contribution is 5.95. The van der Waals surface area contributed by atoms with Crippen LogP contribution in [0.1, 0.15) is 24.1 Å². The maximum Gasteiger partial charge on any atom is 0.338 e. The van der Waals surface area contributed by atoms with E-state index in [1.807, 2.05) is 30.3 Å². The number of allylic oxidation sites excluding steroid dienone is 1. The van der Waals surface area contributed by atoms with E-state index in [0.29, 0.717) is 5.70 Å². The van der Waals surface area contributed by atoms with E-state index in [4.69, 9.17) is 4.74 Å². The van der Waals surface area contributed by atoms with Crippen molar-refractivity contribution in [3.63, 3.8) is 0 Å². The second-order valence-corrected chi connectivity index (χ2v) is 6.32. The van der Waals surface area contributed by atoms with E-state index < -0.39 is 23.0 Å². The van der Waals surface area contributed by atoms with Crippen molar-refractivity contribution in [1.82, 2.24) is 10.2 Å². The van der Waals surface area contributed by atoms with Gasteiger partial charge in [0, 0.05) is 18.8 Å². The number of carbonyl (C=O) groups is 2. The van der Waals surface area contributed by atoms with Crippen molar-refractivity contribution in [3.05, 3.63) is 87.1 Å². The molecule has 0 spiro atoms. The average molecular weight is 381 g/mol. The fourth-order valence-electron chi connectivity index (χ4n) is 3.03. The minimum absolute atomic E-state index is 0.0533. The van der Waals surface area contributed by atoms with E-state index in [-0.39, 0.29) is 23.4 Å². The van der Waals surface area contributed by atoms with Crippen LogP contribution in [-0.2, 0) is 16.1 Å². The van der Waals surface area contributed by atoms with E-state index in [1.165, 1.54) is 30.1 Å². The number of para-hydroxylation sites is 1. The summed E-state index contributed by atoms with van der Waals surface area (Å²) in [6.07, 6.45) is 0. The summed E-state index contributed by atoms with van der Waals surface area (Å²) in [4.78, 5) is 37.3. The first kappa shape index (κ1) is 19.1. The molecule has 144 valence electrons. The number of nitro groups is 1. The first-order chi connectivity index (χ1) is 13.4. The fraction of sp³-hybridized carbons (Fsp3) is 0.200. The maximum absolute atomic E-state index is 12.9. The number of ether oxygens (including phenoxy) is 1. The first-order valence-corrected chi connectivity index (χ1v) is 8.59. The van der Waals surface area contributed by atoms with Crippen LogP contribution in [0.25, 0.3) is 0 Å². The summed E-state index contributed by atoms with van der Waals surface area (Å²) in [7, 11) is 1.52. The van der Waals surface area contributed by atoms with Crippen molar-refractivity contribution >= 4 is 17.7 Å². The Hall–Kier alpha value is -3.68. The van der Waals surface area contributed by atoms with Crippen molar-refractivity contribution in [2.45, 2.75) is 19.6 Å². The van der Waals surface area contributed by atoms with Gasteiger partial charge in [0.1, 0.15) is 6.61 Å². The third kappa shape index (κ3) is 3.71. The third-order valence-electron chi connectivity index (χ3n) is 4.63. The number of nitro benzene ring substituents is 1. The number of rotatable bonds is 5. The van der Waals surface area contributed by atoms with Crippen LogP contribution in [0.15, 0.2) is 65.9 Å². The SMILES string of the molecule is CC1=C(C(=O)OCc2ccccc2)[C@H](c2ccccc2[N+](=O)[O-])NC(=O)N1C. The lowest BCUT2D eigenvalue weighted by molar-refractivity contribution is -0.385. The molecule has 0 radical (unpaired) electrons. The Morgan fingerprint density at radius 1 is 1.18 bits per heavy atom. The molecule has 1 atom stereocenters. The number of amides is 2. The molecule has 8 nitrogen and oxygen atoms in total. The number of hydrogen-bond donors (Lipinski definition) is 1. The van der Waals surface area contributed by atoms with Gasteiger partial charge in [-0.3, -0.25) is 10.1 Å². The Kier molecular flexibility index (Phi) is 5.39. The smallest absolute Gasteiger partial charge is 0.338 e. The first-order valence-electron chi connectivity index (χ1n) is 8.59. The summed E-state index contributed by atoms with van der Waals surface area (Å²) in [5.41, 5.74) is 1.39. The van der Waals surface area contributed by atoms with Crippen LogP contribution in [0.3, 0.4) is 0 Å². The molecule has 1 aliphatic heterocycles. The summed E-state index contributed by atoms with van der Waals surface area (Å²) < 4.78 is 5.43. The number of benzene rings is 2. The summed E-state index contributed by atoms with van der Waals surface area (Å²) in [5.74, 6) is -0.642. The number of esters is 1. The van der Waals surface area contributed by atoms with E-state index >= 15 is 0 Å². The number of urea groups is 1.